The van der Waals surface area contributed by atoms with E-state index >= 15 is 0 Å². The van der Waals surface area contributed by atoms with Gasteiger partial charge < -0.3 is 10.4 Å². The lowest BCUT2D eigenvalue weighted by molar-refractivity contribution is -0.177. The zero-order chi connectivity index (χ0) is 25.6. The van der Waals surface area contributed by atoms with E-state index in [0.29, 0.717) is 24.3 Å². The number of carboxylic acid groups (broad SMARTS) is 1. The Morgan fingerprint density at radius 3 is 2.03 bits per heavy atom. The van der Waals surface area contributed by atoms with E-state index in [2.05, 4.69) is 5.32 Å². The van der Waals surface area contributed by atoms with E-state index in [1.807, 2.05) is 0 Å². The van der Waals surface area contributed by atoms with Crippen molar-refractivity contribution < 1.29 is 38.7 Å². The van der Waals surface area contributed by atoms with Gasteiger partial charge in [-0.1, -0.05) is 20.3 Å². The molecular weight excluding hydrogens is 448 g/mol. The van der Waals surface area contributed by atoms with E-state index in [9.17, 15) is 33.6 Å². The highest BCUT2D eigenvalue weighted by Crippen LogP contribution is 2.23. The topological polar surface area (TPSA) is 161 Å². The van der Waals surface area contributed by atoms with Crippen LogP contribution in [0.25, 0.3) is 0 Å². The van der Waals surface area contributed by atoms with E-state index in [1.165, 1.54) is 19.1 Å². The van der Waals surface area contributed by atoms with Gasteiger partial charge in [-0.05, 0) is 25.7 Å². The van der Waals surface area contributed by atoms with Crippen LogP contribution in [0, 0.1) is 5.92 Å². The average Bonchev–Trinajstić information content (AvgIpc) is 3.25. The summed E-state index contributed by atoms with van der Waals surface area (Å²) in [5, 5.41) is 13.0. The highest BCUT2D eigenvalue weighted by molar-refractivity contribution is 6.12. The van der Waals surface area contributed by atoms with Gasteiger partial charge in [0.2, 0.25) is 23.6 Å². The van der Waals surface area contributed by atoms with Crippen molar-refractivity contribution >= 4 is 41.4 Å². The number of hydrogen-bond acceptors (Lipinski definition) is 7. The summed E-state index contributed by atoms with van der Waals surface area (Å²) in [7, 11) is 0. The molecule has 12 heteroatoms. The highest BCUT2D eigenvalue weighted by atomic mass is 16.4. The maximum Gasteiger partial charge on any atom is 0.325 e. The molecule has 1 saturated heterocycles. The minimum Gasteiger partial charge on any atom is -0.480 e. The standard InChI is InChI=1S/C22H30N4O8/c1-13(2)20(21(32)23-14(3)22(33)34)26(25-18(30)10-11-19(25)31)17(29)7-5-4-6-12-24-15(27)8-9-16(24)28/h8-9,13-14,20H,4-7,10-12H2,1-3H3,(H,23,32)(H,33,34)/t14-,20-/m0/s1. The summed E-state index contributed by atoms with van der Waals surface area (Å²) in [4.78, 5) is 86.3. The molecular formula is C22H30N4O8. The molecule has 2 aliphatic heterocycles. The van der Waals surface area contributed by atoms with Crippen molar-refractivity contribution in [3.05, 3.63) is 12.2 Å². The van der Waals surface area contributed by atoms with Crippen LogP contribution in [-0.4, -0.2) is 80.1 Å². The molecule has 6 amide bonds. The van der Waals surface area contributed by atoms with Gasteiger partial charge in [0, 0.05) is 38.0 Å². The number of carboxylic acids is 1. The zero-order valence-electron chi connectivity index (χ0n) is 19.5. The summed E-state index contributed by atoms with van der Waals surface area (Å²) in [6.45, 7) is 4.72. The van der Waals surface area contributed by atoms with Gasteiger partial charge in [-0.3, -0.25) is 38.5 Å². The van der Waals surface area contributed by atoms with Crippen molar-refractivity contribution in [3.8, 4) is 0 Å². The molecule has 2 heterocycles. The summed E-state index contributed by atoms with van der Waals surface area (Å²) in [5.41, 5.74) is 0. The first-order valence-electron chi connectivity index (χ1n) is 11.2. The van der Waals surface area contributed by atoms with Crippen LogP contribution in [0.5, 0.6) is 0 Å². The molecule has 12 nitrogen and oxygen atoms in total. The van der Waals surface area contributed by atoms with Crippen molar-refractivity contribution in [1.29, 1.82) is 0 Å². The van der Waals surface area contributed by atoms with Crippen molar-refractivity contribution in [2.75, 3.05) is 6.54 Å². The fourth-order valence-corrected chi connectivity index (χ4v) is 3.74. The summed E-state index contributed by atoms with van der Waals surface area (Å²) >= 11 is 0. The fraction of sp³-hybridized carbons (Fsp3) is 0.591. The Morgan fingerprint density at radius 2 is 1.53 bits per heavy atom. The van der Waals surface area contributed by atoms with E-state index in [0.717, 1.165) is 9.91 Å². The number of carbonyl (C=O) groups excluding carboxylic acids is 6. The number of hydrogen-bond donors (Lipinski definition) is 2. The van der Waals surface area contributed by atoms with Gasteiger partial charge in [-0.15, -0.1) is 0 Å². The summed E-state index contributed by atoms with van der Waals surface area (Å²) in [6, 6.07) is -2.51. The molecule has 0 aromatic carbocycles. The van der Waals surface area contributed by atoms with Crippen LogP contribution in [-0.2, 0) is 33.6 Å². The quantitative estimate of drug-likeness (QED) is 0.292. The van der Waals surface area contributed by atoms with Gasteiger partial charge in [0.15, 0.2) is 0 Å². The Morgan fingerprint density at radius 1 is 0.971 bits per heavy atom. The number of unbranched alkanes of at least 4 members (excludes halogenated alkanes) is 2. The van der Waals surface area contributed by atoms with E-state index < -0.39 is 47.6 Å². The highest BCUT2D eigenvalue weighted by Gasteiger charge is 2.44. The van der Waals surface area contributed by atoms with Gasteiger partial charge in [0.05, 0.1) is 0 Å². The predicted molar refractivity (Wildman–Crippen MR) is 116 cm³/mol. The third-order valence-corrected chi connectivity index (χ3v) is 5.56. The Balaban J connectivity index is 2.10. The number of amides is 6. The normalized spacial score (nSPS) is 17.5. The van der Waals surface area contributed by atoms with Crippen LogP contribution in [0.15, 0.2) is 12.2 Å². The van der Waals surface area contributed by atoms with Crippen molar-refractivity contribution in [1.82, 2.24) is 20.2 Å². The Bertz CT molecular complexity index is 879. The molecule has 2 aliphatic rings. The fourth-order valence-electron chi connectivity index (χ4n) is 3.74. The molecule has 0 bridgehead atoms. The average molecular weight is 479 g/mol. The van der Waals surface area contributed by atoms with E-state index in [1.54, 1.807) is 13.8 Å². The maximum atomic E-state index is 13.2. The molecule has 0 aliphatic carbocycles. The first-order valence-corrected chi connectivity index (χ1v) is 11.2. The molecule has 0 aromatic heterocycles. The van der Waals surface area contributed by atoms with Gasteiger partial charge in [0.1, 0.15) is 12.1 Å². The number of nitrogens with one attached hydrogen (secondary N) is 1. The number of rotatable bonds is 12. The second kappa shape index (κ2) is 11.5. The van der Waals surface area contributed by atoms with Gasteiger partial charge in [0.25, 0.3) is 11.8 Å². The van der Waals surface area contributed by atoms with Crippen LogP contribution in [0.4, 0.5) is 0 Å². The molecule has 2 atom stereocenters. The van der Waals surface area contributed by atoms with Gasteiger partial charge in [-0.25, -0.2) is 5.01 Å². The lowest BCUT2D eigenvalue weighted by atomic mass is 10.0. The molecule has 0 spiro atoms. The SMILES string of the molecule is CC(C)[C@@H](C(=O)N[C@@H](C)C(=O)O)N(C(=O)CCCCCN1C(=O)C=CC1=O)N1C(=O)CCC1=O. The molecule has 2 rings (SSSR count). The lowest BCUT2D eigenvalue weighted by Crippen LogP contribution is -2.61. The smallest absolute Gasteiger partial charge is 0.325 e. The van der Waals surface area contributed by atoms with Crippen LogP contribution >= 0.6 is 0 Å². The van der Waals surface area contributed by atoms with Crippen LogP contribution < -0.4 is 5.32 Å². The minimum atomic E-state index is -1.27. The Hall–Kier alpha value is -3.57. The minimum absolute atomic E-state index is 0.0908. The third kappa shape index (κ3) is 6.27. The molecule has 34 heavy (non-hydrogen) atoms. The Kier molecular flexibility index (Phi) is 9.04. The molecule has 0 aromatic rings. The van der Waals surface area contributed by atoms with Crippen LogP contribution in [0.3, 0.4) is 0 Å². The zero-order valence-corrected chi connectivity index (χ0v) is 19.5. The first-order chi connectivity index (χ1) is 16.0. The molecule has 1 fully saturated rings. The molecule has 0 unspecified atom stereocenters. The van der Waals surface area contributed by atoms with E-state index in [-0.39, 0.29) is 37.6 Å². The first kappa shape index (κ1) is 26.7. The summed E-state index contributed by atoms with van der Waals surface area (Å²) < 4.78 is 0. The second-order valence-electron chi connectivity index (χ2n) is 8.57. The largest absolute Gasteiger partial charge is 0.480 e. The number of hydrazine groups is 1. The number of nitrogens with zero attached hydrogens (tertiary/aromatic N) is 3. The number of imide groups is 2. The van der Waals surface area contributed by atoms with Crippen molar-refractivity contribution in [3.63, 3.8) is 0 Å². The molecule has 0 saturated carbocycles. The number of aliphatic carboxylic acids is 1. The molecule has 186 valence electrons. The van der Waals surface area contributed by atoms with Crippen LogP contribution in [0.1, 0.15) is 59.3 Å². The summed E-state index contributed by atoms with van der Waals surface area (Å²) in [5.74, 6) is -5.22. The predicted octanol–water partition coefficient (Wildman–Crippen LogP) is -0.0217. The van der Waals surface area contributed by atoms with Gasteiger partial charge in [-0.2, -0.15) is 5.01 Å². The second-order valence-corrected chi connectivity index (χ2v) is 8.57. The van der Waals surface area contributed by atoms with Gasteiger partial charge >= 0.3 is 5.97 Å². The Labute approximate surface area is 196 Å². The number of carbonyl (C=O) groups is 7. The third-order valence-electron chi connectivity index (χ3n) is 5.56. The van der Waals surface area contributed by atoms with Crippen LogP contribution in [0.2, 0.25) is 0 Å². The summed E-state index contributed by atoms with van der Waals surface area (Å²) in [6.07, 6.45) is 3.37. The van der Waals surface area contributed by atoms with E-state index in [4.69, 9.17) is 5.11 Å². The maximum absolute atomic E-state index is 13.2. The molecule has 0 radical (unpaired) electrons. The van der Waals surface area contributed by atoms with Crippen molar-refractivity contribution in [2.24, 2.45) is 5.92 Å². The van der Waals surface area contributed by atoms with Crippen molar-refractivity contribution in [2.45, 2.75) is 71.4 Å². The molecule has 2 N–H and O–H groups in total. The monoisotopic (exact) mass is 478 g/mol. The lowest BCUT2D eigenvalue weighted by Gasteiger charge is -2.38.